The summed E-state index contributed by atoms with van der Waals surface area (Å²) in [6.45, 7) is 6.03. The van der Waals surface area contributed by atoms with Gasteiger partial charge in [-0.15, -0.1) is 0 Å². The van der Waals surface area contributed by atoms with Gasteiger partial charge in [0.15, 0.2) is 5.82 Å². The maximum absolute atomic E-state index is 5.91. The number of aromatic nitrogens is 12. The van der Waals surface area contributed by atoms with Gasteiger partial charge in [-0.2, -0.15) is 29.3 Å². The molecule has 10 rings (SSSR count). The zero-order valence-corrected chi connectivity index (χ0v) is 35.0. The summed E-state index contributed by atoms with van der Waals surface area (Å²) in [7, 11) is 0. The Balaban J connectivity index is 0.994. The minimum absolute atomic E-state index is 0.223. The van der Waals surface area contributed by atoms with Crippen molar-refractivity contribution >= 4 is 11.5 Å². The van der Waals surface area contributed by atoms with E-state index in [1.165, 1.54) is 11.5 Å². The molecule has 17 nitrogen and oxygen atoms in total. The molecule has 0 amide bonds. The van der Waals surface area contributed by atoms with Gasteiger partial charge in [-0.25, -0.2) is 4.98 Å². The molecule has 0 spiro atoms. The quantitative estimate of drug-likeness (QED) is 0.0935. The molecule has 6 heterocycles. The standard InChI is InChI=1S/C45H36N12O5S/c1-4-6-17-35-47-45(63-57-35)31-16-10-14-29(21-31)40-51-44(62-56-40)34-23-32(42-49-38(54-60-42)27-12-8-11-26(19-27)37-48-36(58-53-37)18-7-5-2)22-33(24-34)43-50-39(55-61-43)28-13-9-15-30(20-28)41-46-25(3)52-59-41/h8-16,19-24H,4-7,17-18H2,1-3H3. The van der Waals surface area contributed by atoms with Crippen molar-refractivity contribution in [2.45, 2.75) is 59.3 Å². The van der Waals surface area contributed by atoms with Crippen LogP contribution in [0.4, 0.5) is 0 Å². The van der Waals surface area contributed by atoms with Crippen molar-refractivity contribution in [1.82, 2.24) is 60.1 Å². The van der Waals surface area contributed by atoms with Gasteiger partial charge in [0.05, 0.1) is 0 Å². The molecule has 0 saturated heterocycles. The molecule has 0 unspecified atom stereocenters. The van der Waals surface area contributed by atoms with Gasteiger partial charge in [0.2, 0.25) is 29.2 Å². The molecule has 0 fully saturated rings. The van der Waals surface area contributed by atoms with E-state index in [-0.39, 0.29) is 17.7 Å². The van der Waals surface area contributed by atoms with Gasteiger partial charge in [-0.1, -0.05) is 101 Å². The highest BCUT2D eigenvalue weighted by Gasteiger charge is 2.21. The zero-order valence-electron chi connectivity index (χ0n) is 34.2. The van der Waals surface area contributed by atoms with Crippen LogP contribution < -0.4 is 0 Å². The van der Waals surface area contributed by atoms with Crippen molar-refractivity contribution in [1.29, 1.82) is 0 Å². The van der Waals surface area contributed by atoms with Gasteiger partial charge < -0.3 is 22.6 Å². The topological polar surface area (TPSA) is 220 Å². The highest BCUT2D eigenvalue weighted by Crippen LogP contribution is 2.35. The zero-order chi connectivity index (χ0) is 42.7. The minimum Gasteiger partial charge on any atom is -0.339 e. The van der Waals surface area contributed by atoms with Crippen LogP contribution in [0.3, 0.4) is 0 Å². The summed E-state index contributed by atoms with van der Waals surface area (Å²) in [4.78, 5) is 28.1. The summed E-state index contributed by atoms with van der Waals surface area (Å²) in [5.74, 6) is 4.64. The first-order chi connectivity index (χ1) is 31.0. The van der Waals surface area contributed by atoms with Crippen molar-refractivity contribution in [2.24, 2.45) is 0 Å². The number of rotatable bonds is 15. The van der Waals surface area contributed by atoms with Crippen LogP contribution in [0, 0.1) is 6.92 Å². The lowest BCUT2D eigenvalue weighted by atomic mass is 10.0. The highest BCUT2D eigenvalue weighted by molar-refractivity contribution is 7.09. The Hall–Kier alpha value is -7.86. The number of aryl methyl sites for hydroxylation is 3. The van der Waals surface area contributed by atoms with Crippen LogP contribution in [0.2, 0.25) is 0 Å². The van der Waals surface area contributed by atoms with Crippen LogP contribution in [0.15, 0.2) is 114 Å². The normalized spacial score (nSPS) is 11.5. The van der Waals surface area contributed by atoms with Crippen molar-refractivity contribution in [3.63, 3.8) is 0 Å². The Labute approximate surface area is 362 Å². The van der Waals surface area contributed by atoms with E-state index in [1.807, 2.05) is 91.0 Å². The Morgan fingerprint density at radius 3 is 1.40 bits per heavy atom. The first kappa shape index (κ1) is 39.3. The van der Waals surface area contributed by atoms with Gasteiger partial charge >= 0.3 is 0 Å². The molecule has 0 atom stereocenters. The van der Waals surface area contributed by atoms with Crippen molar-refractivity contribution in [3.05, 3.63) is 109 Å². The first-order valence-electron chi connectivity index (χ1n) is 20.4. The van der Waals surface area contributed by atoms with Gasteiger partial charge in [0.1, 0.15) is 10.8 Å². The second kappa shape index (κ2) is 17.3. The average molecular weight is 857 g/mol. The molecule has 6 aromatic heterocycles. The molecular formula is C45H36N12O5S. The molecular weight excluding hydrogens is 821 g/mol. The Morgan fingerprint density at radius 2 is 0.857 bits per heavy atom. The third kappa shape index (κ3) is 8.43. The van der Waals surface area contributed by atoms with E-state index in [9.17, 15) is 0 Å². The lowest BCUT2D eigenvalue weighted by Crippen LogP contribution is -1.89. The van der Waals surface area contributed by atoms with Gasteiger partial charge in [-0.3, -0.25) is 0 Å². The fourth-order valence-electron chi connectivity index (χ4n) is 6.78. The Morgan fingerprint density at radius 1 is 0.429 bits per heavy atom. The summed E-state index contributed by atoms with van der Waals surface area (Å²) in [6.07, 6.45) is 5.69. The number of unbranched alkanes of at least 4 members (excludes halogenated alkanes) is 2. The second-order valence-electron chi connectivity index (χ2n) is 14.7. The molecule has 0 aliphatic carbocycles. The smallest absolute Gasteiger partial charge is 0.258 e. The van der Waals surface area contributed by atoms with Gasteiger partial charge in [0, 0.05) is 62.9 Å². The van der Waals surface area contributed by atoms with Crippen LogP contribution in [-0.2, 0) is 12.8 Å². The average Bonchev–Trinajstić information content (AvgIpc) is 4.19. The maximum Gasteiger partial charge on any atom is 0.258 e. The van der Waals surface area contributed by atoms with Crippen LogP contribution in [-0.4, -0.2) is 60.1 Å². The summed E-state index contributed by atoms with van der Waals surface area (Å²) >= 11 is 1.38. The predicted molar refractivity (Wildman–Crippen MR) is 230 cm³/mol. The molecule has 0 aliphatic rings. The van der Waals surface area contributed by atoms with Crippen molar-refractivity contribution in [3.8, 4) is 102 Å². The van der Waals surface area contributed by atoms with Crippen LogP contribution in [0.5, 0.6) is 0 Å². The SMILES string of the molecule is CCCCc1nsc(-c2cccc(-c3noc(-c4cc(-c5nc(-c6cccc(-c7noc(CCCC)n7)c6)no5)cc(-c5nc(-c6cccc(-c7nc(C)no7)c6)no5)c4)n3)c2)n1. The third-order valence-electron chi connectivity index (χ3n) is 10.0. The monoisotopic (exact) mass is 856 g/mol. The molecule has 0 N–H and O–H groups in total. The molecule has 0 bridgehead atoms. The molecule has 4 aromatic carbocycles. The number of hydrogen-bond donors (Lipinski definition) is 0. The molecule has 63 heavy (non-hydrogen) atoms. The maximum atomic E-state index is 5.91. The molecule has 0 saturated carbocycles. The van der Waals surface area contributed by atoms with E-state index >= 15 is 0 Å². The van der Waals surface area contributed by atoms with Crippen molar-refractivity contribution < 1.29 is 22.6 Å². The van der Waals surface area contributed by atoms with E-state index in [4.69, 9.17) is 42.6 Å². The van der Waals surface area contributed by atoms with Crippen LogP contribution in [0.25, 0.3) is 102 Å². The Kier molecular flexibility index (Phi) is 10.8. The van der Waals surface area contributed by atoms with E-state index < -0.39 is 0 Å². The van der Waals surface area contributed by atoms with Crippen LogP contribution >= 0.6 is 11.5 Å². The van der Waals surface area contributed by atoms with E-state index in [2.05, 4.69) is 54.0 Å². The molecule has 10 aromatic rings. The summed E-state index contributed by atoms with van der Waals surface area (Å²) in [5.41, 5.74) is 6.17. The number of benzene rings is 4. The van der Waals surface area contributed by atoms with Gasteiger partial charge in [-0.05, 0) is 73.8 Å². The number of nitrogens with zero attached hydrogens (tertiary/aromatic N) is 12. The van der Waals surface area contributed by atoms with Crippen LogP contribution in [0.1, 0.15) is 57.1 Å². The molecule has 18 heteroatoms. The lowest BCUT2D eigenvalue weighted by Gasteiger charge is -2.03. The van der Waals surface area contributed by atoms with E-state index in [1.54, 1.807) is 6.92 Å². The fourth-order valence-corrected chi connectivity index (χ4v) is 7.48. The Bertz CT molecular complexity index is 3030. The van der Waals surface area contributed by atoms with Crippen molar-refractivity contribution in [2.75, 3.05) is 0 Å². The molecule has 0 radical (unpaired) electrons. The minimum atomic E-state index is 0.223. The third-order valence-corrected chi connectivity index (χ3v) is 10.8. The number of hydrogen-bond acceptors (Lipinski definition) is 18. The van der Waals surface area contributed by atoms with E-state index in [0.29, 0.717) is 74.3 Å². The van der Waals surface area contributed by atoms with E-state index in [0.717, 1.165) is 66.0 Å². The second-order valence-corrected chi connectivity index (χ2v) is 15.4. The molecule has 312 valence electrons. The summed E-state index contributed by atoms with van der Waals surface area (Å²) in [5, 5.41) is 21.9. The predicted octanol–water partition coefficient (Wildman–Crippen LogP) is 10.4. The largest absolute Gasteiger partial charge is 0.339 e. The highest BCUT2D eigenvalue weighted by atomic mass is 32.1. The fraction of sp³-hybridized carbons (Fsp3) is 0.200. The summed E-state index contributed by atoms with van der Waals surface area (Å²) < 4.78 is 33.1. The first-order valence-corrected chi connectivity index (χ1v) is 21.2. The lowest BCUT2D eigenvalue weighted by molar-refractivity contribution is 0.375. The summed E-state index contributed by atoms with van der Waals surface area (Å²) in [6, 6.07) is 28.3. The molecule has 0 aliphatic heterocycles. The van der Waals surface area contributed by atoms with Gasteiger partial charge in [0.25, 0.3) is 23.6 Å².